The summed E-state index contributed by atoms with van der Waals surface area (Å²) in [7, 11) is 0.823. The molecular formula is C15H18N2O2S. The Bertz CT molecular complexity index is 652. The Morgan fingerprint density at radius 2 is 2.10 bits per heavy atom. The summed E-state index contributed by atoms with van der Waals surface area (Å²) in [5.74, 6) is 0.409. The van der Waals surface area contributed by atoms with Crippen molar-refractivity contribution >= 4 is 27.6 Å². The van der Waals surface area contributed by atoms with Gasteiger partial charge in [-0.05, 0) is 25.1 Å². The van der Waals surface area contributed by atoms with Crippen LogP contribution in [0.1, 0.15) is 17.3 Å². The average Bonchev–Trinajstić information content (AvgIpc) is 2.44. The third kappa shape index (κ3) is 3.04. The Morgan fingerprint density at radius 1 is 1.35 bits per heavy atom. The number of hydrogen-bond acceptors (Lipinski definition) is 3. The van der Waals surface area contributed by atoms with Crippen molar-refractivity contribution in [2.75, 3.05) is 19.1 Å². The van der Waals surface area contributed by atoms with Crippen molar-refractivity contribution in [2.24, 2.45) is 0 Å². The third-order valence-electron chi connectivity index (χ3n) is 3.33. The topological polar surface area (TPSA) is 50.3 Å². The predicted octanol–water partition coefficient (Wildman–Crippen LogP) is 2.07. The van der Waals surface area contributed by atoms with Gasteiger partial charge in [-0.1, -0.05) is 12.1 Å². The van der Waals surface area contributed by atoms with E-state index in [0.717, 1.165) is 10.9 Å². The van der Waals surface area contributed by atoms with Gasteiger partial charge >= 0.3 is 0 Å². The van der Waals surface area contributed by atoms with Gasteiger partial charge in [0.1, 0.15) is 0 Å². The summed E-state index contributed by atoms with van der Waals surface area (Å²) in [6.45, 7) is 1.91. The zero-order valence-corrected chi connectivity index (χ0v) is 12.7. The van der Waals surface area contributed by atoms with Crippen LogP contribution in [0.15, 0.2) is 36.5 Å². The first-order valence-corrected chi connectivity index (χ1v) is 8.14. The molecule has 1 aromatic carbocycles. The molecular weight excluding hydrogens is 272 g/mol. The molecule has 5 heteroatoms. The van der Waals surface area contributed by atoms with Crippen molar-refractivity contribution in [1.29, 1.82) is 0 Å². The lowest BCUT2D eigenvalue weighted by Crippen LogP contribution is -2.38. The molecule has 0 saturated carbocycles. The molecule has 20 heavy (non-hydrogen) atoms. The van der Waals surface area contributed by atoms with Crippen LogP contribution in [0.25, 0.3) is 10.9 Å². The highest BCUT2D eigenvalue weighted by atomic mass is 32.2. The smallest absolute Gasteiger partial charge is 0.254 e. The Morgan fingerprint density at radius 3 is 2.80 bits per heavy atom. The van der Waals surface area contributed by atoms with E-state index in [0.29, 0.717) is 11.3 Å². The monoisotopic (exact) mass is 290 g/mol. The van der Waals surface area contributed by atoms with Crippen LogP contribution in [-0.2, 0) is 10.8 Å². The van der Waals surface area contributed by atoms with Crippen molar-refractivity contribution in [3.05, 3.63) is 42.1 Å². The minimum atomic E-state index is -0.923. The van der Waals surface area contributed by atoms with E-state index in [4.69, 9.17) is 0 Å². The largest absolute Gasteiger partial charge is 0.338 e. The first-order valence-electron chi connectivity index (χ1n) is 6.41. The van der Waals surface area contributed by atoms with Crippen LogP contribution < -0.4 is 0 Å². The number of rotatable bonds is 4. The van der Waals surface area contributed by atoms with E-state index in [-0.39, 0.29) is 11.9 Å². The lowest BCUT2D eigenvalue weighted by Gasteiger charge is -2.24. The molecule has 106 valence electrons. The number of hydrogen-bond donors (Lipinski definition) is 0. The molecule has 0 unspecified atom stereocenters. The van der Waals surface area contributed by atoms with Gasteiger partial charge in [-0.3, -0.25) is 14.0 Å². The Kier molecular flexibility index (Phi) is 4.49. The molecule has 0 N–H and O–H groups in total. The lowest BCUT2D eigenvalue weighted by atomic mass is 10.1. The molecule has 2 rings (SSSR count). The van der Waals surface area contributed by atoms with E-state index in [1.54, 1.807) is 30.5 Å². The summed E-state index contributed by atoms with van der Waals surface area (Å²) in [6, 6.07) is 9.17. The molecule has 0 saturated heterocycles. The van der Waals surface area contributed by atoms with Gasteiger partial charge in [0.2, 0.25) is 0 Å². The van der Waals surface area contributed by atoms with Crippen LogP contribution in [0.2, 0.25) is 0 Å². The number of aromatic nitrogens is 1. The summed E-state index contributed by atoms with van der Waals surface area (Å²) in [4.78, 5) is 18.5. The summed E-state index contributed by atoms with van der Waals surface area (Å²) in [5.41, 5.74) is 1.44. The van der Waals surface area contributed by atoms with E-state index in [1.807, 2.05) is 31.2 Å². The summed E-state index contributed by atoms with van der Waals surface area (Å²) in [5, 5.41) is 0.844. The maximum atomic E-state index is 12.6. The molecule has 0 aliphatic carbocycles. The van der Waals surface area contributed by atoms with Gasteiger partial charge in [-0.2, -0.15) is 0 Å². The number of benzene rings is 1. The van der Waals surface area contributed by atoms with E-state index >= 15 is 0 Å². The number of nitrogens with zero attached hydrogens (tertiary/aromatic N) is 2. The summed E-state index contributed by atoms with van der Waals surface area (Å²) >= 11 is 0. The molecule has 4 nitrogen and oxygen atoms in total. The SMILES string of the molecule is C[C@@H](C[S@](C)=O)N(C)C(=O)c1cccc2ncccc12. The zero-order valence-electron chi connectivity index (χ0n) is 11.9. The first kappa shape index (κ1) is 14.7. The second-order valence-corrected chi connectivity index (χ2v) is 6.36. The van der Waals surface area contributed by atoms with Crippen LogP contribution in [0.4, 0.5) is 0 Å². The molecule has 2 atom stereocenters. The van der Waals surface area contributed by atoms with Gasteiger partial charge < -0.3 is 4.90 Å². The van der Waals surface area contributed by atoms with Crippen molar-refractivity contribution < 1.29 is 9.00 Å². The van der Waals surface area contributed by atoms with E-state index in [2.05, 4.69) is 4.98 Å². The van der Waals surface area contributed by atoms with Crippen LogP contribution in [0.5, 0.6) is 0 Å². The molecule has 1 heterocycles. The molecule has 0 aliphatic heterocycles. The molecule has 0 spiro atoms. The second-order valence-electron chi connectivity index (χ2n) is 4.88. The normalized spacial score (nSPS) is 13.9. The molecule has 0 bridgehead atoms. The average molecular weight is 290 g/mol. The number of amides is 1. The van der Waals surface area contributed by atoms with E-state index < -0.39 is 10.8 Å². The minimum absolute atomic E-state index is 0.0680. The fourth-order valence-electron chi connectivity index (χ4n) is 2.13. The van der Waals surface area contributed by atoms with Crippen LogP contribution in [0.3, 0.4) is 0 Å². The first-order chi connectivity index (χ1) is 9.50. The zero-order chi connectivity index (χ0) is 14.7. The van der Waals surface area contributed by atoms with Crippen molar-refractivity contribution in [3.63, 3.8) is 0 Å². The molecule has 0 fully saturated rings. The fraction of sp³-hybridized carbons (Fsp3) is 0.333. The third-order valence-corrected chi connectivity index (χ3v) is 4.29. The Labute approximate surface area is 121 Å². The predicted molar refractivity (Wildman–Crippen MR) is 82.2 cm³/mol. The number of carbonyl (C=O) groups is 1. The Balaban J connectivity index is 2.34. The van der Waals surface area contributed by atoms with Gasteiger partial charge in [-0.25, -0.2) is 0 Å². The quantitative estimate of drug-likeness (QED) is 0.866. The number of pyridine rings is 1. The van der Waals surface area contributed by atoms with E-state index in [9.17, 15) is 9.00 Å². The van der Waals surface area contributed by atoms with Crippen molar-refractivity contribution in [2.45, 2.75) is 13.0 Å². The van der Waals surface area contributed by atoms with Gasteiger partial charge in [-0.15, -0.1) is 0 Å². The maximum absolute atomic E-state index is 12.6. The molecule has 0 radical (unpaired) electrons. The fourth-order valence-corrected chi connectivity index (χ4v) is 3.03. The highest BCUT2D eigenvalue weighted by molar-refractivity contribution is 7.84. The van der Waals surface area contributed by atoms with Crippen LogP contribution in [-0.4, -0.2) is 45.1 Å². The second kappa shape index (κ2) is 6.13. The summed E-state index contributed by atoms with van der Waals surface area (Å²) < 4.78 is 11.3. The van der Waals surface area contributed by atoms with Crippen molar-refractivity contribution in [3.8, 4) is 0 Å². The van der Waals surface area contributed by atoms with Gasteiger partial charge in [0, 0.05) is 53.0 Å². The molecule has 2 aromatic rings. The summed E-state index contributed by atoms with van der Waals surface area (Å²) in [6.07, 6.45) is 3.36. The van der Waals surface area contributed by atoms with Gasteiger partial charge in [0.15, 0.2) is 0 Å². The minimum Gasteiger partial charge on any atom is -0.338 e. The number of fused-ring (bicyclic) bond motifs is 1. The lowest BCUT2D eigenvalue weighted by molar-refractivity contribution is 0.0759. The highest BCUT2D eigenvalue weighted by Crippen LogP contribution is 2.18. The standard InChI is InChI=1S/C15H18N2O2S/c1-11(10-20(3)19)17(2)15(18)13-6-4-8-14-12(13)7-5-9-16-14/h4-9,11H,10H2,1-3H3/t11-,20-/m0/s1. The maximum Gasteiger partial charge on any atom is 0.254 e. The van der Waals surface area contributed by atoms with Crippen LogP contribution >= 0.6 is 0 Å². The van der Waals surface area contributed by atoms with Gasteiger partial charge in [0.05, 0.1) is 5.52 Å². The molecule has 0 aliphatic rings. The van der Waals surface area contributed by atoms with Crippen molar-refractivity contribution in [1.82, 2.24) is 9.88 Å². The Hall–Kier alpha value is -1.75. The van der Waals surface area contributed by atoms with Crippen LogP contribution in [0, 0.1) is 0 Å². The van der Waals surface area contributed by atoms with E-state index in [1.165, 1.54) is 0 Å². The molecule has 1 amide bonds. The highest BCUT2D eigenvalue weighted by Gasteiger charge is 2.20. The number of carbonyl (C=O) groups excluding carboxylic acids is 1. The van der Waals surface area contributed by atoms with Gasteiger partial charge in [0.25, 0.3) is 5.91 Å². The molecule has 1 aromatic heterocycles.